The van der Waals surface area contributed by atoms with Crippen molar-refractivity contribution >= 4 is 17.9 Å². The minimum Gasteiger partial charge on any atom is -0.462 e. The molecule has 0 rings (SSSR count). The summed E-state index contributed by atoms with van der Waals surface area (Å²) < 4.78 is 16.8. The number of allylic oxidation sites excluding steroid dienone is 6. The van der Waals surface area contributed by atoms with Crippen molar-refractivity contribution < 1.29 is 28.6 Å². The molecule has 0 heterocycles. The lowest BCUT2D eigenvalue weighted by Gasteiger charge is -2.18. The standard InChI is InChI=1S/C58H106O6/c1-4-7-10-13-16-19-22-25-27-29-31-33-36-39-42-45-48-51-57(60)63-54-55(53-62-56(59)50-47-44-41-38-35-24-21-18-15-12-9-6-3)64-58(61)52-49-46-43-40-37-34-32-30-28-26-23-20-17-14-11-8-5-2/h16,18-19,21,25,27,55H,4-15,17,20,22-24,26,28-54H2,1-3H3/b19-16-,21-18-,27-25-. The van der Waals surface area contributed by atoms with Crippen LogP contribution >= 0.6 is 0 Å². The summed E-state index contributed by atoms with van der Waals surface area (Å²) >= 11 is 0. The molecule has 0 aliphatic rings. The predicted molar refractivity (Wildman–Crippen MR) is 275 cm³/mol. The van der Waals surface area contributed by atoms with Gasteiger partial charge in [0.2, 0.25) is 0 Å². The molecule has 0 fully saturated rings. The molecule has 1 atom stereocenters. The van der Waals surface area contributed by atoms with Gasteiger partial charge in [-0.05, 0) is 77.0 Å². The van der Waals surface area contributed by atoms with Crippen molar-refractivity contribution in [2.24, 2.45) is 0 Å². The maximum Gasteiger partial charge on any atom is 0.306 e. The molecule has 0 aliphatic heterocycles. The number of unbranched alkanes of at least 4 members (excludes halogenated alkanes) is 34. The summed E-state index contributed by atoms with van der Waals surface area (Å²) in [5, 5.41) is 0. The van der Waals surface area contributed by atoms with Crippen molar-refractivity contribution in [2.45, 2.75) is 303 Å². The van der Waals surface area contributed by atoms with E-state index in [1.807, 2.05) is 0 Å². The fraction of sp³-hybridized carbons (Fsp3) is 0.845. The van der Waals surface area contributed by atoms with Crippen molar-refractivity contribution in [3.8, 4) is 0 Å². The van der Waals surface area contributed by atoms with Crippen LogP contribution in [0.4, 0.5) is 0 Å². The molecule has 0 amide bonds. The van der Waals surface area contributed by atoms with Gasteiger partial charge in [0.25, 0.3) is 0 Å². The van der Waals surface area contributed by atoms with Gasteiger partial charge < -0.3 is 14.2 Å². The molecule has 0 aromatic rings. The van der Waals surface area contributed by atoms with Gasteiger partial charge in [0.05, 0.1) is 0 Å². The van der Waals surface area contributed by atoms with Crippen LogP contribution in [0, 0.1) is 0 Å². The van der Waals surface area contributed by atoms with Crippen LogP contribution in [-0.4, -0.2) is 37.2 Å². The largest absolute Gasteiger partial charge is 0.462 e. The Morgan fingerprint density at radius 2 is 0.562 bits per heavy atom. The van der Waals surface area contributed by atoms with Crippen molar-refractivity contribution in [2.75, 3.05) is 13.2 Å². The molecule has 0 N–H and O–H groups in total. The Bertz CT molecular complexity index is 1080. The van der Waals surface area contributed by atoms with E-state index in [0.29, 0.717) is 19.3 Å². The molecule has 6 heteroatoms. The second-order valence-corrected chi connectivity index (χ2v) is 18.8. The van der Waals surface area contributed by atoms with Gasteiger partial charge >= 0.3 is 17.9 Å². The van der Waals surface area contributed by atoms with Crippen molar-refractivity contribution in [3.63, 3.8) is 0 Å². The number of carbonyl (C=O) groups excluding carboxylic acids is 3. The second kappa shape index (κ2) is 53.2. The van der Waals surface area contributed by atoms with Gasteiger partial charge in [-0.3, -0.25) is 14.4 Å². The van der Waals surface area contributed by atoms with Crippen molar-refractivity contribution in [1.82, 2.24) is 0 Å². The van der Waals surface area contributed by atoms with Gasteiger partial charge in [-0.25, -0.2) is 0 Å². The molecule has 0 bridgehead atoms. The number of carbonyl (C=O) groups is 3. The summed E-state index contributed by atoms with van der Waals surface area (Å²) in [6.07, 6.45) is 62.7. The van der Waals surface area contributed by atoms with Gasteiger partial charge in [0.15, 0.2) is 6.10 Å². The van der Waals surface area contributed by atoms with Crippen molar-refractivity contribution in [1.29, 1.82) is 0 Å². The first-order chi connectivity index (χ1) is 31.5. The highest BCUT2D eigenvalue weighted by atomic mass is 16.6. The summed E-state index contributed by atoms with van der Waals surface area (Å²) in [5.74, 6) is -0.877. The van der Waals surface area contributed by atoms with Crippen LogP contribution in [0.2, 0.25) is 0 Å². The van der Waals surface area contributed by atoms with Crippen LogP contribution in [0.5, 0.6) is 0 Å². The average molecular weight is 899 g/mol. The van der Waals surface area contributed by atoms with Crippen LogP contribution in [0.15, 0.2) is 36.5 Å². The Morgan fingerprint density at radius 3 is 0.906 bits per heavy atom. The van der Waals surface area contributed by atoms with Crippen LogP contribution in [0.1, 0.15) is 297 Å². The first-order valence-electron chi connectivity index (χ1n) is 28.0. The molecule has 0 aromatic heterocycles. The highest BCUT2D eigenvalue weighted by molar-refractivity contribution is 5.71. The fourth-order valence-electron chi connectivity index (χ4n) is 8.12. The molecule has 64 heavy (non-hydrogen) atoms. The number of rotatable bonds is 51. The molecule has 1 unspecified atom stereocenters. The first kappa shape index (κ1) is 61.6. The molecule has 0 saturated heterocycles. The van der Waals surface area contributed by atoms with E-state index in [1.54, 1.807) is 0 Å². The highest BCUT2D eigenvalue weighted by Crippen LogP contribution is 2.16. The van der Waals surface area contributed by atoms with Crippen molar-refractivity contribution in [3.05, 3.63) is 36.5 Å². The lowest BCUT2D eigenvalue weighted by molar-refractivity contribution is -0.167. The molecule has 0 aliphatic carbocycles. The molecule has 0 radical (unpaired) electrons. The van der Waals surface area contributed by atoms with E-state index < -0.39 is 6.10 Å². The van der Waals surface area contributed by atoms with E-state index in [4.69, 9.17) is 14.2 Å². The number of hydrogen-bond acceptors (Lipinski definition) is 6. The maximum atomic E-state index is 12.8. The van der Waals surface area contributed by atoms with Crippen LogP contribution < -0.4 is 0 Å². The predicted octanol–water partition coefficient (Wildman–Crippen LogP) is 18.5. The Hall–Kier alpha value is -2.37. The Morgan fingerprint density at radius 1 is 0.312 bits per heavy atom. The van der Waals surface area contributed by atoms with Gasteiger partial charge in [-0.1, -0.05) is 237 Å². The fourth-order valence-corrected chi connectivity index (χ4v) is 8.12. The number of esters is 3. The van der Waals surface area contributed by atoms with Crippen LogP contribution in [-0.2, 0) is 28.6 Å². The monoisotopic (exact) mass is 899 g/mol. The van der Waals surface area contributed by atoms with E-state index in [-0.39, 0.29) is 31.1 Å². The number of ether oxygens (including phenoxy) is 3. The lowest BCUT2D eigenvalue weighted by Crippen LogP contribution is -2.30. The molecular formula is C58H106O6. The zero-order chi connectivity index (χ0) is 46.5. The third-order valence-corrected chi connectivity index (χ3v) is 12.4. The van der Waals surface area contributed by atoms with Gasteiger partial charge in [-0.15, -0.1) is 0 Å². The summed E-state index contributed by atoms with van der Waals surface area (Å²) in [6.45, 7) is 6.61. The van der Waals surface area contributed by atoms with Gasteiger partial charge in [-0.2, -0.15) is 0 Å². The summed E-state index contributed by atoms with van der Waals surface area (Å²) in [4.78, 5) is 38.1. The maximum absolute atomic E-state index is 12.8. The topological polar surface area (TPSA) is 78.9 Å². The SMILES string of the molecule is CCCCC/C=C\C/C=C\CCCCCCCCCC(=O)OCC(COC(=O)CCCCCCC/C=C\CCCCC)OC(=O)CCCCCCCCCCCCCCCCCCC. The lowest BCUT2D eigenvalue weighted by atomic mass is 10.0. The van der Waals surface area contributed by atoms with Crippen LogP contribution in [0.3, 0.4) is 0 Å². The van der Waals surface area contributed by atoms with Crippen LogP contribution in [0.25, 0.3) is 0 Å². The van der Waals surface area contributed by atoms with Gasteiger partial charge in [0, 0.05) is 19.3 Å². The van der Waals surface area contributed by atoms with E-state index >= 15 is 0 Å². The normalized spacial score (nSPS) is 12.2. The molecule has 374 valence electrons. The minimum atomic E-state index is -0.775. The molecule has 0 aromatic carbocycles. The Kier molecular flexibility index (Phi) is 51.3. The summed E-state index contributed by atoms with van der Waals surface area (Å²) in [5.41, 5.74) is 0. The zero-order valence-corrected chi connectivity index (χ0v) is 42.8. The summed E-state index contributed by atoms with van der Waals surface area (Å²) in [6, 6.07) is 0. The van der Waals surface area contributed by atoms with E-state index in [0.717, 1.165) is 77.0 Å². The highest BCUT2D eigenvalue weighted by Gasteiger charge is 2.19. The molecule has 0 spiro atoms. The quantitative estimate of drug-likeness (QED) is 0.0262. The summed E-state index contributed by atoms with van der Waals surface area (Å²) in [7, 11) is 0. The number of hydrogen-bond donors (Lipinski definition) is 0. The minimum absolute atomic E-state index is 0.0758. The third-order valence-electron chi connectivity index (χ3n) is 12.4. The average Bonchev–Trinajstić information content (AvgIpc) is 3.29. The van der Waals surface area contributed by atoms with Gasteiger partial charge in [0.1, 0.15) is 13.2 Å². The Labute approximate surface area is 397 Å². The molecule has 0 saturated carbocycles. The Balaban J connectivity index is 4.34. The zero-order valence-electron chi connectivity index (χ0n) is 42.8. The van der Waals surface area contributed by atoms with E-state index in [2.05, 4.69) is 57.2 Å². The van der Waals surface area contributed by atoms with E-state index in [9.17, 15) is 14.4 Å². The first-order valence-corrected chi connectivity index (χ1v) is 28.0. The second-order valence-electron chi connectivity index (χ2n) is 18.8. The molecule has 6 nitrogen and oxygen atoms in total. The molecular weight excluding hydrogens is 793 g/mol. The smallest absolute Gasteiger partial charge is 0.306 e. The van der Waals surface area contributed by atoms with E-state index in [1.165, 1.54) is 180 Å². The third kappa shape index (κ3) is 50.6.